The van der Waals surface area contributed by atoms with Gasteiger partial charge in [-0.25, -0.2) is 0 Å². The van der Waals surface area contributed by atoms with Crippen molar-refractivity contribution in [3.63, 3.8) is 0 Å². The SMILES string of the molecule is CC(C)C1N(COC2CCCCC2)C=CN1c1ccccc1N. The maximum Gasteiger partial charge on any atom is 0.120 e. The van der Waals surface area contributed by atoms with Crippen molar-refractivity contribution < 1.29 is 4.74 Å². The number of ether oxygens (including phenoxy) is 1. The fourth-order valence-electron chi connectivity index (χ4n) is 3.69. The first-order valence-corrected chi connectivity index (χ1v) is 8.85. The first kappa shape index (κ1) is 16.2. The Morgan fingerprint density at radius 3 is 2.57 bits per heavy atom. The standard InChI is InChI=1S/C19H29N3O/c1-15(2)19-21(14-23-16-8-4-3-5-9-16)12-13-22(19)18-11-7-6-10-17(18)20/h6-7,10-13,15-16,19H,3-5,8-9,14,20H2,1-2H3. The predicted octanol–water partition coefficient (Wildman–Crippen LogP) is 4.15. The molecule has 0 spiro atoms. The summed E-state index contributed by atoms with van der Waals surface area (Å²) in [6, 6.07) is 8.06. The number of nitrogen functional groups attached to an aromatic ring is 1. The van der Waals surface area contributed by atoms with E-state index in [0.717, 1.165) is 11.4 Å². The second-order valence-electron chi connectivity index (χ2n) is 6.99. The second-order valence-corrected chi connectivity index (χ2v) is 6.99. The van der Waals surface area contributed by atoms with E-state index in [1.807, 2.05) is 18.2 Å². The highest BCUT2D eigenvalue weighted by Gasteiger charge is 2.31. The third-order valence-electron chi connectivity index (χ3n) is 4.87. The number of benzene rings is 1. The third-order valence-corrected chi connectivity index (χ3v) is 4.87. The lowest BCUT2D eigenvalue weighted by Crippen LogP contribution is -2.44. The van der Waals surface area contributed by atoms with Gasteiger partial charge in [0.15, 0.2) is 0 Å². The van der Waals surface area contributed by atoms with Gasteiger partial charge in [0.2, 0.25) is 0 Å². The van der Waals surface area contributed by atoms with Gasteiger partial charge in [-0.1, -0.05) is 45.2 Å². The molecular weight excluding hydrogens is 286 g/mol. The van der Waals surface area contributed by atoms with E-state index in [2.05, 4.69) is 42.1 Å². The zero-order valence-electron chi connectivity index (χ0n) is 14.3. The second kappa shape index (κ2) is 7.26. The first-order chi connectivity index (χ1) is 11.2. The molecule has 1 aliphatic carbocycles. The van der Waals surface area contributed by atoms with Crippen LogP contribution < -0.4 is 10.6 Å². The summed E-state index contributed by atoms with van der Waals surface area (Å²) in [5, 5.41) is 0. The molecule has 2 aliphatic rings. The van der Waals surface area contributed by atoms with E-state index in [4.69, 9.17) is 10.5 Å². The van der Waals surface area contributed by atoms with E-state index in [-0.39, 0.29) is 6.17 Å². The lowest BCUT2D eigenvalue weighted by Gasteiger charge is -2.36. The molecule has 126 valence electrons. The van der Waals surface area contributed by atoms with E-state index < -0.39 is 0 Å². The molecule has 0 saturated heterocycles. The summed E-state index contributed by atoms with van der Waals surface area (Å²) in [6.07, 6.45) is 11.3. The molecule has 0 amide bonds. The summed E-state index contributed by atoms with van der Waals surface area (Å²) >= 11 is 0. The minimum Gasteiger partial charge on any atom is -0.397 e. The van der Waals surface area contributed by atoms with E-state index in [0.29, 0.717) is 18.8 Å². The molecule has 1 atom stereocenters. The van der Waals surface area contributed by atoms with Gasteiger partial charge in [0, 0.05) is 12.4 Å². The Hall–Kier alpha value is -1.68. The lowest BCUT2D eigenvalue weighted by atomic mass is 9.98. The molecule has 2 N–H and O–H groups in total. The molecule has 0 aromatic heterocycles. The Labute approximate surface area is 139 Å². The molecule has 3 rings (SSSR count). The zero-order chi connectivity index (χ0) is 16.2. The number of hydrogen-bond acceptors (Lipinski definition) is 4. The maximum absolute atomic E-state index is 6.18. The van der Waals surface area contributed by atoms with Crippen LogP contribution in [0.15, 0.2) is 36.7 Å². The van der Waals surface area contributed by atoms with Gasteiger partial charge >= 0.3 is 0 Å². The molecule has 1 saturated carbocycles. The Kier molecular flexibility index (Phi) is 5.11. The molecular formula is C19H29N3O. The van der Waals surface area contributed by atoms with Crippen LogP contribution in [0.1, 0.15) is 46.0 Å². The van der Waals surface area contributed by atoms with E-state index in [1.54, 1.807) is 0 Å². The minimum atomic E-state index is 0.253. The van der Waals surface area contributed by atoms with Gasteiger partial charge in [-0.2, -0.15) is 0 Å². The van der Waals surface area contributed by atoms with Gasteiger partial charge in [0.05, 0.1) is 17.5 Å². The van der Waals surface area contributed by atoms with Gasteiger partial charge in [-0.15, -0.1) is 0 Å². The molecule has 1 unspecified atom stereocenters. The quantitative estimate of drug-likeness (QED) is 0.829. The molecule has 0 radical (unpaired) electrons. The number of hydrogen-bond donors (Lipinski definition) is 1. The van der Waals surface area contributed by atoms with Crippen molar-refractivity contribution in [2.24, 2.45) is 5.92 Å². The fourth-order valence-corrected chi connectivity index (χ4v) is 3.69. The monoisotopic (exact) mass is 315 g/mol. The smallest absolute Gasteiger partial charge is 0.120 e. The Morgan fingerprint density at radius 1 is 1.13 bits per heavy atom. The molecule has 1 aromatic carbocycles. The van der Waals surface area contributed by atoms with Crippen molar-refractivity contribution >= 4 is 11.4 Å². The molecule has 23 heavy (non-hydrogen) atoms. The highest BCUT2D eigenvalue weighted by atomic mass is 16.5. The number of para-hydroxylation sites is 2. The molecule has 4 nitrogen and oxygen atoms in total. The molecule has 1 aromatic rings. The van der Waals surface area contributed by atoms with E-state index >= 15 is 0 Å². The van der Waals surface area contributed by atoms with Gasteiger partial charge < -0.3 is 20.3 Å². The highest BCUT2D eigenvalue weighted by Crippen LogP contribution is 2.32. The van der Waals surface area contributed by atoms with Gasteiger partial charge in [-0.05, 0) is 30.9 Å². The van der Waals surface area contributed by atoms with Crippen molar-refractivity contribution in [1.29, 1.82) is 0 Å². The Morgan fingerprint density at radius 2 is 1.87 bits per heavy atom. The summed E-state index contributed by atoms with van der Waals surface area (Å²) in [7, 11) is 0. The Balaban J connectivity index is 1.67. The van der Waals surface area contributed by atoms with Crippen LogP contribution in [0.25, 0.3) is 0 Å². The van der Waals surface area contributed by atoms with Crippen molar-refractivity contribution in [3.05, 3.63) is 36.7 Å². The fraction of sp³-hybridized carbons (Fsp3) is 0.579. The van der Waals surface area contributed by atoms with E-state index in [9.17, 15) is 0 Å². The molecule has 1 aliphatic heterocycles. The molecule has 4 heteroatoms. The van der Waals surface area contributed by atoms with Crippen molar-refractivity contribution in [2.75, 3.05) is 17.4 Å². The van der Waals surface area contributed by atoms with Crippen LogP contribution in [0.3, 0.4) is 0 Å². The van der Waals surface area contributed by atoms with Crippen LogP contribution in [-0.4, -0.2) is 23.9 Å². The van der Waals surface area contributed by atoms with Crippen molar-refractivity contribution in [2.45, 2.75) is 58.2 Å². The number of anilines is 2. The van der Waals surface area contributed by atoms with Gasteiger partial charge in [-0.3, -0.25) is 0 Å². The number of nitrogens with zero attached hydrogens (tertiary/aromatic N) is 2. The van der Waals surface area contributed by atoms with Gasteiger partial charge in [0.1, 0.15) is 12.9 Å². The zero-order valence-corrected chi connectivity index (χ0v) is 14.3. The third kappa shape index (κ3) is 3.63. The van der Waals surface area contributed by atoms with Crippen LogP contribution in [0, 0.1) is 5.92 Å². The average molecular weight is 315 g/mol. The Bertz CT molecular complexity index is 537. The minimum absolute atomic E-state index is 0.253. The summed E-state index contributed by atoms with van der Waals surface area (Å²) < 4.78 is 6.18. The number of rotatable bonds is 5. The summed E-state index contributed by atoms with van der Waals surface area (Å²) in [5.41, 5.74) is 8.06. The van der Waals surface area contributed by atoms with Gasteiger partial charge in [0.25, 0.3) is 0 Å². The van der Waals surface area contributed by atoms with E-state index in [1.165, 1.54) is 32.1 Å². The topological polar surface area (TPSA) is 41.7 Å². The summed E-state index contributed by atoms with van der Waals surface area (Å²) in [5.74, 6) is 0.472. The van der Waals surface area contributed by atoms with Crippen LogP contribution >= 0.6 is 0 Å². The molecule has 0 bridgehead atoms. The molecule has 1 fully saturated rings. The van der Waals surface area contributed by atoms with Crippen LogP contribution in [0.2, 0.25) is 0 Å². The summed E-state index contributed by atoms with van der Waals surface area (Å²) in [6.45, 7) is 5.15. The average Bonchev–Trinajstić information content (AvgIpc) is 2.98. The largest absolute Gasteiger partial charge is 0.397 e. The first-order valence-electron chi connectivity index (χ1n) is 8.85. The van der Waals surface area contributed by atoms with Crippen molar-refractivity contribution in [1.82, 2.24) is 4.90 Å². The number of nitrogens with two attached hydrogens (primary N) is 1. The lowest BCUT2D eigenvalue weighted by molar-refractivity contribution is -0.0347. The normalized spacial score (nSPS) is 22.3. The van der Waals surface area contributed by atoms with Crippen LogP contribution in [-0.2, 0) is 4.74 Å². The highest BCUT2D eigenvalue weighted by molar-refractivity contribution is 5.69. The predicted molar refractivity (Wildman–Crippen MR) is 95.8 cm³/mol. The summed E-state index contributed by atoms with van der Waals surface area (Å²) in [4.78, 5) is 4.57. The molecule has 1 heterocycles. The maximum atomic E-state index is 6.18. The van der Waals surface area contributed by atoms with Crippen LogP contribution in [0.5, 0.6) is 0 Å². The van der Waals surface area contributed by atoms with Crippen molar-refractivity contribution in [3.8, 4) is 0 Å². The van der Waals surface area contributed by atoms with Crippen LogP contribution in [0.4, 0.5) is 11.4 Å².